The van der Waals surface area contributed by atoms with Crippen LogP contribution in [0, 0.1) is 10.1 Å². The first-order valence-corrected chi connectivity index (χ1v) is 7.96. The number of carbonyl (C=O) groups is 1. The molecule has 2 aliphatic heterocycles. The number of anilines is 1. The molecule has 124 valence electrons. The Morgan fingerprint density at radius 3 is 2.70 bits per heavy atom. The van der Waals surface area contributed by atoms with E-state index in [9.17, 15) is 14.9 Å². The number of rotatable bonds is 4. The molecule has 3 rings (SSSR count). The van der Waals surface area contributed by atoms with Gasteiger partial charge in [0.15, 0.2) is 0 Å². The van der Waals surface area contributed by atoms with E-state index in [1.54, 1.807) is 6.07 Å². The quantitative estimate of drug-likeness (QED) is 0.480. The van der Waals surface area contributed by atoms with Gasteiger partial charge in [0.1, 0.15) is 5.69 Å². The smallest absolute Gasteiger partial charge is 0.337 e. The number of likely N-dealkylation sites (tertiary alicyclic amines) is 1. The first kappa shape index (κ1) is 15.7. The van der Waals surface area contributed by atoms with Gasteiger partial charge in [0.2, 0.25) is 0 Å². The summed E-state index contributed by atoms with van der Waals surface area (Å²) >= 11 is 0. The van der Waals surface area contributed by atoms with Gasteiger partial charge in [-0.25, -0.2) is 4.79 Å². The molecule has 0 spiro atoms. The zero-order valence-corrected chi connectivity index (χ0v) is 13.2. The summed E-state index contributed by atoms with van der Waals surface area (Å²) in [5, 5.41) is 11.3. The van der Waals surface area contributed by atoms with Gasteiger partial charge in [0, 0.05) is 25.2 Å². The molecule has 1 aromatic carbocycles. The Kier molecular flexibility index (Phi) is 4.47. The highest BCUT2D eigenvalue weighted by molar-refractivity contribution is 5.91. The van der Waals surface area contributed by atoms with Gasteiger partial charge in [-0.2, -0.15) is 0 Å². The highest BCUT2D eigenvalue weighted by atomic mass is 16.6. The van der Waals surface area contributed by atoms with Crippen molar-refractivity contribution in [2.45, 2.75) is 25.3 Å². The second-order valence-electron chi connectivity index (χ2n) is 6.08. The van der Waals surface area contributed by atoms with Gasteiger partial charge in [-0.1, -0.05) is 0 Å². The molecule has 2 heterocycles. The minimum absolute atomic E-state index is 0.0414. The Morgan fingerprint density at radius 1 is 1.30 bits per heavy atom. The van der Waals surface area contributed by atoms with Crippen LogP contribution in [0.5, 0.6) is 0 Å². The van der Waals surface area contributed by atoms with Crippen LogP contribution >= 0.6 is 0 Å². The second kappa shape index (κ2) is 6.54. The molecule has 2 fully saturated rings. The maximum absolute atomic E-state index is 11.7. The average Bonchev–Trinajstić information content (AvgIpc) is 3.24. The lowest BCUT2D eigenvalue weighted by molar-refractivity contribution is -0.384. The fraction of sp³-hybridized carbons (Fsp3) is 0.562. The Labute approximate surface area is 135 Å². The lowest BCUT2D eigenvalue weighted by atomic mass is 10.1. The molecule has 0 unspecified atom stereocenters. The predicted octanol–water partition coefficient (Wildman–Crippen LogP) is 2.06. The molecule has 2 aliphatic rings. The van der Waals surface area contributed by atoms with E-state index >= 15 is 0 Å². The molecular formula is C16H21N3O4. The minimum atomic E-state index is -0.476. The number of nitro groups is 1. The van der Waals surface area contributed by atoms with E-state index in [4.69, 9.17) is 4.74 Å². The van der Waals surface area contributed by atoms with Crippen LogP contribution in [0.2, 0.25) is 0 Å². The number of esters is 1. The van der Waals surface area contributed by atoms with Gasteiger partial charge >= 0.3 is 5.97 Å². The fourth-order valence-electron chi connectivity index (χ4n) is 3.54. The van der Waals surface area contributed by atoms with Crippen LogP contribution in [0.15, 0.2) is 18.2 Å². The largest absolute Gasteiger partial charge is 0.465 e. The third-order valence-corrected chi connectivity index (χ3v) is 4.75. The van der Waals surface area contributed by atoms with Crippen molar-refractivity contribution in [1.29, 1.82) is 0 Å². The van der Waals surface area contributed by atoms with Gasteiger partial charge in [0.05, 0.1) is 17.6 Å². The van der Waals surface area contributed by atoms with Crippen molar-refractivity contribution in [3.05, 3.63) is 33.9 Å². The molecule has 1 atom stereocenters. The molecular weight excluding hydrogens is 298 g/mol. The highest BCUT2D eigenvalue weighted by Crippen LogP contribution is 2.33. The fourth-order valence-corrected chi connectivity index (χ4v) is 3.54. The zero-order valence-electron chi connectivity index (χ0n) is 13.2. The number of hydrogen-bond donors (Lipinski definition) is 0. The number of ether oxygens (including phenoxy) is 1. The number of benzene rings is 1. The molecule has 0 amide bonds. The van der Waals surface area contributed by atoms with Gasteiger partial charge in [-0.3, -0.25) is 15.0 Å². The summed E-state index contributed by atoms with van der Waals surface area (Å²) in [5.74, 6) is -0.476. The molecule has 7 nitrogen and oxygen atoms in total. The van der Waals surface area contributed by atoms with Crippen LogP contribution in [0.1, 0.15) is 29.6 Å². The van der Waals surface area contributed by atoms with E-state index in [1.165, 1.54) is 32.1 Å². The molecule has 0 aliphatic carbocycles. The van der Waals surface area contributed by atoms with Crippen molar-refractivity contribution in [2.75, 3.05) is 38.2 Å². The molecule has 0 N–H and O–H groups in total. The van der Waals surface area contributed by atoms with Crippen molar-refractivity contribution in [3.63, 3.8) is 0 Å². The Bertz CT molecular complexity index is 613. The maximum Gasteiger partial charge on any atom is 0.337 e. The van der Waals surface area contributed by atoms with Crippen molar-refractivity contribution < 1.29 is 14.5 Å². The van der Waals surface area contributed by atoms with Crippen molar-refractivity contribution in [2.24, 2.45) is 0 Å². The Morgan fingerprint density at radius 2 is 2.04 bits per heavy atom. The van der Waals surface area contributed by atoms with Crippen LogP contribution in [0.3, 0.4) is 0 Å². The third-order valence-electron chi connectivity index (χ3n) is 4.75. The summed E-state index contributed by atoms with van der Waals surface area (Å²) in [6.07, 6.45) is 3.46. The van der Waals surface area contributed by atoms with Crippen LogP contribution in [-0.4, -0.2) is 55.1 Å². The van der Waals surface area contributed by atoms with E-state index in [0.717, 1.165) is 32.6 Å². The number of nitrogens with zero attached hydrogens (tertiary/aromatic N) is 3. The normalized spacial score (nSPS) is 21.6. The van der Waals surface area contributed by atoms with Gasteiger partial charge < -0.3 is 9.64 Å². The Balaban J connectivity index is 1.85. The summed E-state index contributed by atoms with van der Waals surface area (Å²) in [4.78, 5) is 27.1. The topological polar surface area (TPSA) is 75.9 Å². The lowest BCUT2D eigenvalue weighted by Crippen LogP contribution is -2.35. The molecule has 0 saturated carbocycles. The maximum atomic E-state index is 11.7. The molecule has 23 heavy (non-hydrogen) atoms. The van der Waals surface area contributed by atoms with Crippen LogP contribution < -0.4 is 4.90 Å². The number of nitro benzene ring substituents is 1. The third kappa shape index (κ3) is 3.14. The summed E-state index contributed by atoms with van der Waals surface area (Å²) in [6, 6.07) is 4.86. The van der Waals surface area contributed by atoms with Crippen molar-refractivity contribution in [1.82, 2.24) is 4.90 Å². The SMILES string of the molecule is COC(=O)c1ccc([N+](=O)[O-])c(N2CC[C@@H](N3CCCC3)C2)c1. The van der Waals surface area contributed by atoms with Crippen LogP contribution in [0.4, 0.5) is 11.4 Å². The molecule has 1 aromatic rings. The van der Waals surface area contributed by atoms with E-state index in [0.29, 0.717) is 17.3 Å². The van der Waals surface area contributed by atoms with Gasteiger partial charge in [-0.05, 0) is 44.5 Å². The van der Waals surface area contributed by atoms with Gasteiger partial charge in [0.25, 0.3) is 5.69 Å². The molecule has 7 heteroatoms. The summed E-state index contributed by atoms with van der Waals surface area (Å²) in [7, 11) is 1.31. The monoisotopic (exact) mass is 319 g/mol. The van der Waals surface area contributed by atoms with E-state index < -0.39 is 5.97 Å². The lowest BCUT2D eigenvalue weighted by Gasteiger charge is -2.24. The molecule has 0 bridgehead atoms. The average molecular weight is 319 g/mol. The number of methoxy groups -OCH3 is 1. The summed E-state index contributed by atoms with van der Waals surface area (Å²) < 4.78 is 4.72. The first-order valence-electron chi connectivity index (χ1n) is 7.96. The number of hydrogen-bond acceptors (Lipinski definition) is 6. The summed E-state index contributed by atoms with van der Waals surface area (Å²) in [6.45, 7) is 3.77. The first-order chi connectivity index (χ1) is 11.1. The van der Waals surface area contributed by atoms with E-state index in [-0.39, 0.29) is 10.6 Å². The minimum Gasteiger partial charge on any atom is -0.465 e. The second-order valence-corrected chi connectivity index (χ2v) is 6.08. The van der Waals surface area contributed by atoms with E-state index in [2.05, 4.69) is 4.90 Å². The predicted molar refractivity (Wildman–Crippen MR) is 85.9 cm³/mol. The van der Waals surface area contributed by atoms with Crippen molar-refractivity contribution in [3.8, 4) is 0 Å². The number of carbonyl (C=O) groups excluding carboxylic acids is 1. The highest BCUT2D eigenvalue weighted by Gasteiger charge is 2.32. The van der Waals surface area contributed by atoms with Crippen LogP contribution in [0.25, 0.3) is 0 Å². The van der Waals surface area contributed by atoms with Gasteiger partial charge in [-0.15, -0.1) is 0 Å². The van der Waals surface area contributed by atoms with Crippen LogP contribution in [-0.2, 0) is 4.74 Å². The molecule has 0 radical (unpaired) electrons. The summed E-state index contributed by atoms with van der Waals surface area (Å²) in [5.41, 5.74) is 0.900. The Hall–Kier alpha value is -2.15. The van der Waals surface area contributed by atoms with E-state index in [1.807, 2.05) is 4.90 Å². The molecule has 0 aromatic heterocycles. The standard InChI is InChI=1S/C16H21N3O4/c1-23-16(20)12-4-5-14(19(21)22)15(10-12)18-9-6-13(11-18)17-7-2-3-8-17/h4-5,10,13H,2-3,6-9,11H2,1H3/t13-/m1/s1. The van der Waals surface area contributed by atoms with Crippen molar-refractivity contribution >= 4 is 17.3 Å². The zero-order chi connectivity index (χ0) is 16.4. The molecule has 2 saturated heterocycles.